The number of rotatable bonds is 6. The maximum Gasteiger partial charge on any atom is -0.0233 e. The fourth-order valence-electron chi connectivity index (χ4n) is 1.16. The summed E-state index contributed by atoms with van der Waals surface area (Å²) in [5, 5.41) is 0. The molecule has 0 aromatic rings. The molecule has 0 aromatic heterocycles. The zero-order chi connectivity index (χ0) is 10.1. The molecule has 0 fully saturated rings. The van der Waals surface area contributed by atoms with Crippen LogP contribution in [0.15, 0.2) is 48.6 Å². The molecule has 0 unspecified atom stereocenters. The van der Waals surface area contributed by atoms with Crippen molar-refractivity contribution in [2.75, 3.05) is 0 Å². The topological polar surface area (TPSA) is 0 Å². The lowest BCUT2D eigenvalue weighted by Gasteiger charge is -2.02. The first kappa shape index (κ1) is 12.0. The van der Waals surface area contributed by atoms with E-state index >= 15 is 0 Å². The molecule has 72 valence electrons. The zero-order valence-electron chi connectivity index (χ0n) is 8.84. The van der Waals surface area contributed by atoms with Crippen molar-refractivity contribution in [1.82, 2.24) is 0 Å². The highest BCUT2D eigenvalue weighted by Crippen LogP contribution is 2.14. The van der Waals surface area contributed by atoms with Crippen molar-refractivity contribution in [3.63, 3.8) is 0 Å². The second kappa shape index (κ2) is 7.60. The highest BCUT2D eigenvalue weighted by Gasteiger charge is 1.94. The fourth-order valence-corrected chi connectivity index (χ4v) is 1.16. The molecule has 0 aliphatic carbocycles. The number of allylic oxidation sites excluding steroid dienone is 6. The summed E-state index contributed by atoms with van der Waals surface area (Å²) in [6.07, 6.45) is 11.5. The van der Waals surface area contributed by atoms with Crippen molar-refractivity contribution in [3.05, 3.63) is 48.6 Å². The van der Waals surface area contributed by atoms with Crippen LogP contribution in [0.1, 0.15) is 33.1 Å². The van der Waals surface area contributed by atoms with Crippen LogP contribution < -0.4 is 0 Å². The molecule has 0 heterocycles. The van der Waals surface area contributed by atoms with Crippen LogP contribution in [0, 0.1) is 0 Å². The van der Waals surface area contributed by atoms with Gasteiger partial charge in [-0.3, -0.25) is 0 Å². The zero-order valence-corrected chi connectivity index (χ0v) is 8.84. The molecule has 0 saturated heterocycles. The van der Waals surface area contributed by atoms with E-state index in [1.54, 1.807) is 0 Å². The fraction of sp³-hybridized carbons (Fsp3) is 0.385. The first-order valence-electron chi connectivity index (χ1n) is 4.95. The average Bonchev–Trinajstić information content (AvgIpc) is 2.17. The lowest BCUT2D eigenvalue weighted by molar-refractivity contribution is 0.953. The van der Waals surface area contributed by atoms with E-state index in [1.807, 2.05) is 12.2 Å². The molecule has 0 aliphatic rings. The van der Waals surface area contributed by atoms with E-state index in [2.05, 4.69) is 39.2 Å². The Hall–Kier alpha value is -1.04. The maximum absolute atomic E-state index is 3.81. The Bertz CT molecular complexity index is 216. The Morgan fingerprint density at radius 1 is 1.00 bits per heavy atom. The summed E-state index contributed by atoms with van der Waals surface area (Å²) >= 11 is 0. The van der Waals surface area contributed by atoms with Gasteiger partial charge in [0.1, 0.15) is 0 Å². The first-order chi connectivity index (χ1) is 6.29. The van der Waals surface area contributed by atoms with E-state index in [0.29, 0.717) is 0 Å². The van der Waals surface area contributed by atoms with Crippen LogP contribution in [0.3, 0.4) is 0 Å². The van der Waals surface area contributed by atoms with Crippen molar-refractivity contribution >= 4 is 0 Å². The Morgan fingerprint density at radius 2 is 1.54 bits per heavy atom. The van der Waals surface area contributed by atoms with Crippen LogP contribution in [-0.2, 0) is 0 Å². The first-order valence-corrected chi connectivity index (χ1v) is 4.95. The van der Waals surface area contributed by atoms with Crippen molar-refractivity contribution in [2.24, 2.45) is 0 Å². The minimum atomic E-state index is 1.04. The largest absolute Gasteiger partial charge is 0.0985 e. The summed E-state index contributed by atoms with van der Waals surface area (Å²) in [7, 11) is 0. The molecule has 0 heteroatoms. The molecule has 0 radical (unpaired) electrons. The molecule has 0 rings (SSSR count). The molecule has 0 amide bonds. The van der Waals surface area contributed by atoms with E-state index in [1.165, 1.54) is 17.6 Å². The molecule has 0 nitrogen and oxygen atoms in total. The molecule has 0 aliphatic heterocycles. The Morgan fingerprint density at radius 3 is 1.92 bits per heavy atom. The third kappa shape index (κ3) is 4.51. The molecular formula is C13H20. The van der Waals surface area contributed by atoms with Gasteiger partial charge in [-0.1, -0.05) is 57.7 Å². The van der Waals surface area contributed by atoms with Crippen molar-refractivity contribution < 1.29 is 0 Å². The van der Waals surface area contributed by atoms with Gasteiger partial charge in [-0.15, -0.1) is 0 Å². The molecule has 0 aromatic carbocycles. The van der Waals surface area contributed by atoms with Crippen LogP contribution in [0.5, 0.6) is 0 Å². The van der Waals surface area contributed by atoms with E-state index in [4.69, 9.17) is 0 Å². The quantitative estimate of drug-likeness (QED) is 0.525. The summed E-state index contributed by atoms with van der Waals surface area (Å²) < 4.78 is 0. The number of hydrogen-bond acceptors (Lipinski definition) is 0. The number of unbranched alkanes of at least 4 members (excludes halogenated alkanes) is 1. The van der Waals surface area contributed by atoms with Crippen LogP contribution >= 0.6 is 0 Å². The van der Waals surface area contributed by atoms with E-state index in [-0.39, 0.29) is 0 Å². The normalized spacial score (nSPS) is 12.8. The molecule has 0 saturated carbocycles. The van der Waals surface area contributed by atoms with Gasteiger partial charge in [0, 0.05) is 0 Å². The van der Waals surface area contributed by atoms with Crippen molar-refractivity contribution in [2.45, 2.75) is 33.1 Å². The van der Waals surface area contributed by atoms with Gasteiger partial charge in [-0.05, 0) is 24.0 Å². The summed E-state index contributed by atoms with van der Waals surface area (Å²) in [5.74, 6) is 0. The molecule has 13 heavy (non-hydrogen) atoms. The third-order valence-electron chi connectivity index (χ3n) is 1.85. The highest BCUT2D eigenvalue weighted by molar-refractivity contribution is 5.44. The summed E-state index contributed by atoms with van der Waals surface area (Å²) in [6.45, 7) is 11.9. The van der Waals surface area contributed by atoms with Crippen molar-refractivity contribution in [1.29, 1.82) is 0 Å². The lowest BCUT2D eigenvalue weighted by atomic mass is 10.0. The molecule has 0 bridgehead atoms. The van der Waals surface area contributed by atoms with Crippen molar-refractivity contribution in [3.8, 4) is 0 Å². The summed E-state index contributed by atoms with van der Waals surface area (Å²) in [6, 6.07) is 0. The summed E-state index contributed by atoms with van der Waals surface area (Å²) in [4.78, 5) is 0. The minimum absolute atomic E-state index is 1.04. The standard InChI is InChI=1S/C13H20/c1-5-9-11-13(8-4)12(7-3)10-6-2/h7-8,10-11H,3-6,9H2,1-2H3/b12-10-,13-11-. The molecular weight excluding hydrogens is 156 g/mol. The number of hydrogen-bond donors (Lipinski definition) is 0. The molecule has 0 spiro atoms. The van der Waals surface area contributed by atoms with Gasteiger partial charge in [0.15, 0.2) is 0 Å². The van der Waals surface area contributed by atoms with Crippen LogP contribution in [0.4, 0.5) is 0 Å². The van der Waals surface area contributed by atoms with Gasteiger partial charge >= 0.3 is 0 Å². The van der Waals surface area contributed by atoms with E-state index in [0.717, 1.165) is 12.8 Å². The predicted octanol–water partition coefficient (Wildman–Crippen LogP) is 4.42. The second-order valence-corrected chi connectivity index (χ2v) is 2.92. The predicted molar refractivity (Wildman–Crippen MR) is 61.8 cm³/mol. The highest BCUT2D eigenvalue weighted by atomic mass is 14.0. The lowest BCUT2D eigenvalue weighted by Crippen LogP contribution is -1.82. The van der Waals surface area contributed by atoms with E-state index < -0.39 is 0 Å². The van der Waals surface area contributed by atoms with Gasteiger partial charge in [-0.25, -0.2) is 0 Å². The van der Waals surface area contributed by atoms with Crippen LogP contribution in [0.2, 0.25) is 0 Å². The Labute approximate surface area is 82.4 Å². The van der Waals surface area contributed by atoms with Gasteiger partial charge in [0.2, 0.25) is 0 Å². The van der Waals surface area contributed by atoms with Gasteiger partial charge in [-0.2, -0.15) is 0 Å². The van der Waals surface area contributed by atoms with Gasteiger partial charge in [0.25, 0.3) is 0 Å². The smallest absolute Gasteiger partial charge is 0.0233 e. The molecule has 0 N–H and O–H groups in total. The van der Waals surface area contributed by atoms with Gasteiger partial charge in [0.05, 0.1) is 0 Å². The monoisotopic (exact) mass is 176 g/mol. The third-order valence-corrected chi connectivity index (χ3v) is 1.85. The molecule has 0 atom stereocenters. The SMILES string of the molecule is C=CC(=C/CC)/C(C=C)=C\CCC. The van der Waals surface area contributed by atoms with Crippen LogP contribution in [0.25, 0.3) is 0 Å². The second-order valence-electron chi connectivity index (χ2n) is 2.92. The maximum atomic E-state index is 3.81. The van der Waals surface area contributed by atoms with Crippen LogP contribution in [-0.4, -0.2) is 0 Å². The summed E-state index contributed by atoms with van der Waals surface area (Å²) in [5.41, 5.74) is 2.41. The van der Waals surface area contributed by atoms with E-state index in [9.17, 15) is 0 Å². The minimum Gasteiger partial charge on any atom is -0.0985 e. The van der Waals surface area contributed by atoms with Gasteiger partial charge < -0.3 is 0 Å². The Balaban J connectivity index is 4.61. The Kier molecular flexibility index (Phi) is 6.99. The average molecular weight is 176 g/mol.